The van der Waals surface area contributed by atoms with Gasteiger partial charge in [-0.2, -0.15) is 0 Å². The zero-order valence-electron chi connectivity index (χ0n) is 14.0. The predicted molar refractivity (Wildman–Crippen MR) is 91.5 cm³/mol. The van der Waals surface area contributed by atoms with Gasteiger partial charge in [0.1, 0.15) is 11.7 Å². The molecule has 2 aromatic carbocycles. The van der Waals surface area contributed by atoms with E-state index in [2.05, 4.69) is 0 Å². The van der Waals surface area contributed by atoms with Gasteiger partial charge in [0.2, 0.25) is 6.04 Å². The molecular weight excluding hydrogens is 322 g/mol. The van der Waals surface area contributed by atoms with Crippen molar-refractivity contribution < 1.29 is 19.2 Å². The fourth-order valence-electron chi connectivity index (χ4n) is 3.04. The van der Waals surface area contributed by atoms with Crippen LogP contribution in [-0.2, 0) is 14.3 Å². The molecule has 0 bridgehead atoms. The van der Waals surface area contributed by atoms with E-state index in [-0.39, 0.29) is 0 Å². The summed E-state index contributed by atoms with van der Waals surface area (Å²) in [5, 5.41) is 11.9. The lowest BCUT2D eigenvalue weighted by atomic mass is 9.76. The molecule has 0 N–H and O–H groups in total. The lowest BCUT2D eigenvalue weighted by molar-refractivity contribution is -0.534. The Balaban J connectivity index is 2.66. The largest absolute Gasteiger partial charge is 0.468 e. The highest BCUT2D eigenvalue weighted by atomic mass is 16.6. The van der Waals surface area contributed by atoms with Crippen LogP contribution in [0.4, 0.5) is 0 Å². The van der Waals surface area contributed by atoms with Gasteiger partial charge in [-0.15, -0.1) is 0 Å². The first-order chi connectivity index (χ1) is 12.0. The molecule has 130 valence electrons. The van der Waals surface area contributed by atoms with E-state index in [1.165, 1.54) is 14.0 Å². The van der Waals surface area contributed by atoms with Crippen LogP contribution in [0.25, 0.3) is 0 Å². The van der Waals surface area contributed by atoms with Crippen LogP contribution in [0, 0.1) is 16.0 Å². The second-order valence-corrected chi connectivity index (χ2v) is 5.69. The smallest absolute Gasteiger partial charge is 0.317 e. The van der Waals surface area contributed by atoms with Gasteiger partial charge in [-0.05, 0) is 12.5 Å². The highest BCUT2D eigenvalue weighted by molar-refractivity contribution is 5.98. The molecule has 0 unspecified atom stereocenters. The lowest BCUT2D eigenvalue weighted by Gasteiger charge is -2.26. The molecule has 0 aliphatic heterocycles. The first-order valence-electron chi connectivity index (χ1n) is 7.79. The summed E-state index contributed by atoms with van der Waals surface area (Å²) >= 11 is 0. The molecule has 0 heterocycles. The number of ketones is 1. The summed E-state index contributed by atoms with van der Waals surface area (Å²) in [4.78, 5) is 35.9. The van der Waals surface area contributed by atoms with Crippen LogP contribution in [-0.4, -0.2) is 23.8 Å². The normalized spacial score (nSPS) is 14.2. The summed E-state index contributed by atoms with van der Waals surface area (Å²) in [5.74, 6) is -3.47. The molecule has 0 amide bonds. The minimum atomic E-state index is -1.26. The van der Waals surface area contributed by atoms with E-state index in [0.717, 1.165) is 0 Å². The number of nitro groups is 1. The molecular formula is C19H19NO5. The van der Waals surface area contributed by atoms with Crippen LogP contribution in [0.15, 0.2) is 60.7 Å². The maximum absolute atomic E-state index is 12.3. The van der Waals surface area contributed by atoms with Crippen molar-refractivity contribution in [3.8, 4) is 0 Å². The van der Waals surface area contributed by atoms with Crippen molar-refractivity contribution >= 4 is 11.8 Å². The van der Waals surface area contributed by atoms with Crippen molar-refractivity contribution in [1.29, 1.82) is 0 Å². The number of rotatable bonds is 7. The molecule has 0 aliphatic carbocycles. The molecule has 0 spiro atoms. The minimum Gasteiger partial charge on any atom is -0.468 e. The molecule has 6 nitrogen and oxygen atoms in total. The molecule has 0 saturated heterocycles. The Morgan fingerprint density at radius 1 is 0.960 bits per heavy atom. The fourth-order valence-corrected chi connectivity index (χ4v) is 3.04. The molecule has 3 atom stereocenters. The van der Waals surface area contributed by atoms with E-state index in [1.807, 2.05) is 0 Å². The first-order valence-corrected chi connectivity index (χ1v) is 7.79. The molecule has 6 heteroatoms. The Labute approximate surface area is 145 Å². The second-order valence-electron chi connectivity index (χ2n) is 5.69. The molecule has 0 aliphatic rings. The molecule has 0 saturated carbocycles. The highest BCUT2D eigenvalue weighted by Gasteiger charge is 2.45. The zero-order chi connectivity index (χ0) is 18.4. The van der Waals surface area contributed by atoms with Crippen molar-refractivity contribution in [2.75, 3.05) is 7.11 Å². The number of carbonyl (C=O) groups is 2. The monoisotopic (exact) mass is 341 g/mol. The SMILES string of the molecule is COC(=O)[C@@H](C(C)=O)[C@@H](c1ccccc1)[C@@H](c1ccccc1)[N+](=O)[O-]. The Morgan fingerprint density at radius 3 is 1.84 bits per heavy atom. The van der Waals surface area contributed by atoms with Gasteiger partial charge in [0, 0.05) is 10.5 Å². The van der Waals surface area contributed by atoms with Gasteiger partial charge in [0.15, 0.2) is 0 Å². The number of ether oxygens (including phenoxy) is 1. The van der Waals surface area contributed by atoms with Crippen LogP contribution in [0.3, 0.4) is 0 Å². The summed E-state index contributed by atoms with van der Waals surface area (Å²) in [7, 11) is 1.17. The maximum atomic E-state index is 12.3. The average molecular weight is 341 g/mol. The quantitative estimate of drug-likeness (QED) is 0.334. The number of benzene rings is 2. The Hall–Kier alpha value is -3.02. The molecule has 2 rings (SSSR count). The van der Waals surface area contributed by atoms with Crippen molar-refractivity contribution in [2.45, 2.75) is 18.9 Å². The zero-order valence-corrected chi connectivity index (χ0v) is 14.0. The highest BCUT2D eigenvalue weighted by Crippen LogP contribution is 2.40. The van der Waals surface area contributed by atoms with Crippen LogP contribution >= 0.6 is 0 Å². The lowest BCUT2D eigenvalue weighted by Crippen LogP contribution is -2.35. The molecule has 0 aromatic heterocycles. The molecule has 25 heavy (non-hydrogen) atoms. The van der Waals surface area contributed by atoms with Crippen LogP contribution in [0.1, 0.15) is 30.0 Å². The van der Waals surface area contributed by atoms with E-state index in [4.69, 9.17) is 4.74 Å². The van der Waals surface area contributed by atoms with Gasteiger partial charge in [0.25, 0.3) is 0 Å². The number of carbonyl (C=O) groups excluding carboxylic acids is 2. The summed E-state index contributed by atoms with van der Waals surface area (Å²) in [5.41, 5.74) is 0.968. The van der Waals surface area contributed by atoms with Gasteiger partial charge in [-0.3, -0.25) is 19.7 Å². The Morgan fingerprint density at radius 2 is 1.44 bits per heavy atom. The number of Topliss-reactive ketones (excluding diaryl/α,β-unsaturated/α-hetero) is 1. The van der Waals surface area contributed by atoms with E-state index in [0.29, 0.717) is 11.1 Å². The number of hydrogen-bond acceptors (Lipinski definition) is 5. The van der Waals surface area contributed by atoms with Crippen molar-refractivity contribution in [3.63, 3.8) is 0 Å². The summed E-state index contributed by atoms with van der Waals surface area (Å²) < 4.78 is 4.76. The molecule has 0 radical (unpaired) electrons. The topological polar surface area (TPSA) is 86.5 Å². The van der Waals surface area contributed by atoms with Crippen molar-refractivity contribution in [2.24, 2.45) is 5.92 Å². The van der Waals surface area contributed by atoms with Gasteiger partial charge >= 0.3 is 5.97 Å². The fraction of sp³-hybridized carbons (Fsp3) is 0.263. The third-order valence-corrected chi connectivity index (χ3v) is 4.15. The van der Waals surface area contributed by atoms with Crippen LogP contribution in [0.2, 0.25) is 0 Å². The van der Waals surface area contributed by atoms with Gasteiger partial charge in [-0.25, -0.2) is 0 Å². The summed E-state index contributed by atoms with van der Waals surface area (Å²) in [6.45, 7) is 1.25. The number of nitrogens with zero attached hydrogens (tertiary/aromatic N) is 1. The summed E-state index contributed by atoms with van der Waals surface area (Å²) in [6, 6.07) is 15.7. The van der Waals surface area contributed by atoms with E-state index >= 15 is 0 Å². The molecule has 0 fully saturated rings. The van der Waals surface area contributed by atoms with Crippen molar-refractivity contribution in [1.82, 2.24) is 0 Å². The standard InChI is InChI=1S/C19H19NO5/c1-13(21)16(19(22)25-2)17(14-9-5-3-6-10-14)18(20(23)24)15-11-7-4-8-12-15/h3-12,16-18H,1-2H3/t16-,17+,18+/m0/s1. The van der Waals surface area contributed by atoms with E-state index < -0.39 is 34.6 Å². The maximum Gasteiger partial charge on any atom is 0.317 e. The molecule has 2 aromatic rings. The van der Waals surface area contributed by atoms with Crippen molar-refractivity contribution in [3.05, 3.63) is 81.9 Å². The number of methoxy groups -OCH3 is 1. The van der Waals surface area contributed by atoms with E-state index in [9.17, 15) is 19.7 Å². The second kappa shape index (κ2) is 8.19. The van der Waals surface area contributed by atoms with Gasteiger partial charge < -0.3 is 4.74 Å². The third-order valence-electron chi connectivity index (χ3n) is 4.15. The Kier molecular flexibility index (Phi) is 6.00. The first kappa shape index (κ1) is 18.3. The van der Waals surface area contributed by atoms with Gasteiger partial charge in [0.05, 0.1) is 13.0 Å². The number of esters is 1. The summed E-state index contributed by atoms with van der Waals surface area (Å²) in [6.07, 6.45) is 0. The minimum absolute atomic E-state index is 0.427. The van der Waals surface area contributed by atoms with E-state index in [1.54, 1.807) is 60.7 Å². The Bertz CT molecular complexity index is 745. The predicted octanol–water partition coefficient (Wildman–Crippen LogP) is 3.17. The van der Waals surface area contributed by atoms with Gasteiger partial charge in [-0.1, -0.05) is 60.7 Å². The average Bonchev–Trinajstić information content (AvgIpc) is 2.62. The third kappa shape index (κ3) is 4.09. The van der Waals surface area contributed by atoms with Crippen LogP contribution < -0.4 is 0 Å². The number of hydrogen-bond donors (Lipinski definition) is 0. The van der Waals surface area contributed by atoms with Crippen LogP contribution in [0.5, 0.6) is 0 Å².